The van der Waals surface area contributed by atoms with Crippen LogP contribution in [0.5, 0.6) is 0 Å². The Balaban J connectivity index is 2.25. The molecule has 0 amide bonds. The molecule has 0 atom stereocenters. The predicted octanol–water partition coefficient (Wildman–Crippen LogP) is 0.694. The highest BCUT2D eigenvalue weighted by molar-refractivity contribution is 5.56. The number of nitrogens with one attached hydrogen (secondary N) is 2. The summed E-state index contributed by atoms with van der Waals surface area (Å²) in [6.45, 7) is 2.28. The van der Waals surface area contributed by atoms with Crippen LogP contribution in [0.4, 0.5) is 17.5 Å². The van der Waals surface area contributed by atoms with Gasteiger partial charge in [0.15, 0.2) is 11.6 Å². The Kier molecular flexibility index (Phi) is 3.93. The van der Waals surface area contributed by atoms with Crippen molar-refractivity contribution in [2.45, 2.75) is 13.5 Å². The van der Waals surface area contributed by atoms with Crippen molar-refractivity contribution >= 4 is 17.5 Å². The van der Waals surface area contributed by atoms with Crippen LogP contribution in [0.3, 0.4) is 0 Å². The van der Waals surface area contributed by atoms with Gasteiger partial charge in [-0.3, -0.25) is 4.68 Å². The Morgan fingerprint density at radius 3 is 2.58 bits per heavy atom. The highest BCUT2D eigenvalue weighted by Gasteiger charge is 2.06. The topological polar surface area (TPSA) is 103 Å². The first-order valence-electron chi connectivity index (χ1n) is 5.73. The van der Waals surface area contributed by atoms with E-state index in [1.54, 1.807) is 17.9 Å². The molecule has 0 unspecified atom stereocenters. The molecular formula is C11H17N7O. The van der Waals surface area contributed by atoms with Gasteiger partial charge in [-0.2, -0.15) is 5.10 Å². The van der Waals surface area contributed by atoms with Gasteiger partial charge in [-0.05, 0) is 6.92 Å². The van der Waals surface area contributed by atoms with E-state index in [1.807, 2.05) is 20.0 Å². The zero-order valence-corrected chi connectivity index (χ0v) is 11.1. The third-order valence-electron chi connectivity index (χ3n) is 2.56. The molecule has 2 aromatic heterocycles. The Morgan fingerprint density at radius 2 is 2.00 bits per heavy atom. The number of nitrogens with zero attached hydrogens (tertiary/aromatic N) is 4. The smallest absolute Gasteiger partial charge is 0.158 e. The van der Waals surface area contributed by atoms with Crippen LogP contribution >= 0.6 is 0 Å². The molecule has 0 spiro atoms. The van der Waals surface area contributed by atoms with E-state index in [4.69, 9.17) is 10.6 Å². The van der Waals surface area contributed by atoms with E-state index in [9.17, 15) is 0 Å². The molecule has 0 saturated carbocycles. The van der Waals surface area contributed by atoms with Crippen LogP contribution in [-0.2, 0) is 18.4 Å². The lowest BCUT2D eigenvalue weighted by molar-refractivity contribution is 0.178. The number of nitrogens with two attached hydrogens (primary N) is 1. The third kappa shape index (κ3) is 3.18. The van der Waals surface area contributed by atoms with Crippen LogP contribution in [-0.4, -0.2) is 26.9 Å². The fourth-order valence-corrected chi connectivity index (χ4v) is 1.58. The molecule has 0 fully saturated rings. The number of hydrazine groups is 1. The molecule has 2 rings (SSSR count). The molecule has 0 radical (unpaired) electrons. The molecule has 8 heteroatoms. The minimum atomic E-state index is 0.311. The number of rotatable bonds is 5. The number of aryl methyl sites for hydroxylation is 2. The lowest BCUT2D eigenvalue weighted by Gasteiger charge is -2.07. The van der Waals surface area contributed by atoms with Crippen LogP contribution in [0, 0.1) is 6.92 Å². The van der Waals surface area contributed by atoms with E-state index in [1.165, 1.54) is 0 Å². The van der Waals surface area contributed by atoms with Crippen LogP contribution in [0.25, 0.3) is 0 Å². The molecule has 102 valence electrons. The van der Waals surface area contributed by atoms with Gasteiger partial charge in [0.2, 0.25) is 0 Å². The van der Waals surface area contributed by atoms with Gasteiger partial charge in [-0.25, -0.2) is 15.8 Å². The van der Waals surface area contributed by atoms with Gasteiger partial charge in [0.1, 0.15) is 18.2 Å². The number of methoxy groups -OCH3 is 1. The number of hydrogen-bond donors (Lipinski definition) is 3. The summed E-state index contributed by atoms with van der Waals surface area (Å²) in [5.41, 5.74) is 3.54. The molecule has 19 heavy (non-hydrogen) atoms. The highest BCUT2D eigenvalue weighted by Crippen LogP contribution is 2.17. The summed E-state index contributed by atoms with van der Waals surface area (Å²) in [6.07, 6.45) is 0. The summed E-state index contributed by atoms with van der Waals surface area (Å²) in [5, 5.41) is 7.40. The molecule has 4 N–H and O–H groups in total. The van der Waals surface area contributed by atoms with Crippen molar-refractivity contribution in [2.24, 2.45) is 12.9 Å². The maximum absolute atomic E-state index is 5.38. The second-order valence-electron chi connectivity index (χ2n) is 4.05. The van der Waals surface area contributed by atoms with Gasteiger partial charge in [0.05, 0.1) is 0 Å². The molecule has 0 aromatic carbocycles. The van der Waals surface area contributed by atoms with Crippen molar-refractivity contribution in [3.8, 4) is 0 Å². The van der Waals surface area contributed by atoms with E-state index < -0.39 is 0 Å². The van der Waals surface area contributed by atoms with Crippen molar-refractivity contribution in [3.63, 3.8) is 0 Å². The highest BCUT2D eigenvalue weighted by atomic mass is 16.5. The summed E-state index contributed by atoms with van der Waals surface area (Å²) >= 11 is 0. The SMILES string of the molecule is COCc1nc(NN)cc(Nc2cc(C)n(C)n2)n1. The second kappa shape index (κ2) is 5.63. The molecule has 0 aliphatic heterocycles. The quantitative estimate of drug-likeness (QED) is 0.538. The fourth-order valence-electron chi connectivity index (χ4n) is 1.58. The Labute approximate surface area is 111 Å². The van der Waals surface area contributed by atoms with Crippen molar-refractivity contribution in [1.82, 2.24) is 19.7 Å². The van der Waals surface area contributed by atoms with Crippen molar-refractivity contribution < 1.29 is 4.74 Å². The zero-order valence-electron chi connectivity index (χ0n) is 11.1. The Morgan fingerprint density at radius 1 is 1.26 bits per heavy atom. The molecule has 0 bridgehead atoms. The summed E-state index contributed by atoms with van der Waals surface area (Å²) in [4.78, 5) is 8.48. The lowest BCUT2D eigenvalue weighted by Crippen LogP contribution is -2.12. The maximum atomic E-state index is 5.38. The molecule has 0 saturated heterocycles. The predicted molar refractivity (Wildman–Crippen MR) is 71.8 cm³/mol. The van der Waals surface area contributed by atoms with Gasteiger partial charge >= 0.3 is 0 Å². The van der Waals surface area contributed by atoms with Gasteiger partial charge in [0, 0.05) is 32.0 Å². The fraction of sp³-hybridized carbons (Fsp3) is 0.364. The Bertz CT molecular complexity index is 547. The molecule has 2 heterocycles. The first kappa shape index (κ1) is 13.2. The summed E-state index contributed by atoms with van der Waals surface area (Å²) in [5.74, 6) is 7.74. The number of hydrogen-bond acceptors (Lipinski definition) is 7. The molecule has 0 aliphatic rings. The summed E-state index contributed by atoms with van der Waals surface area (Å²) < 4.78 is 6.79. The number of aromatic nitrogens is 4. The monoisotopic (exact) mass is 263 g/mol. The van der Waals surface area contributed by atoms with Gasteiger partial charge in [-0.15, -0.1) is 0 Å². The van der Waals surface area contributed by atoms with E-state index in [0.29, 0.717) is 29.9 Å². The number of ether oxygens (including phenoxy) is 1. The number of anilines is 3. The van der Waals surface area contributed by atoms with Crippen LogP contribution in [0.15, 0.2) is 12.1 Å². The average Bonchev–Trinajstić information content (AvgIpc) is 2.68. The summed E-state index contributed by atoms with van der Waals surface area (Å²) in [6, 6.07) is 3.62. The average molecular weight is 263 g/mol. The Hall–Kier alpha value is -2.19. The maximum Gasteiger partial charge on any atom is 0.158 e. The van der Waals surface area contributed by atoms with E-state index in [2.05, 4.69) is 25.8 Å². The molecular weight excluding hydrogens is 246 g/mol. The standard InChI is InChI=1S/C11H17N7O/c1-7-4-10(17-18(7)2)13-8-5-9(16-12)15-11(14-8)6-19-3/h4-5H,6,12H2,1-3H3,(H2,13,14,15,16,17). The van der Waals surface area contributed by atoms with Crippen molar-refractivity contribution in [3.05, 3.63) is 23.7 Å². The molecule has 2 aromatic rings. The van der Waals surface area contributed by atoms with Crippen LogP contribution in [0.2, 0.25) is 0 Å². The molecule has 8 nitrogen and oxygen atoms in total. The van der Waals surface area contributed by atoms with Gasteiger partial charge < -0.3 is 15.5 Å². The van der Waals surface area contributed by atoms with E-state index in [0.717, 1.165) is 5.69 Å². The zero-order chi connectivity index (χ0) is 13.8. The molecule has 0 aliphatic carbocycles. The van der Waals surface area contributed by atoms with Crippen molar-refractivity contribution in [2.75, 3.05) is 17.9 Å². The van der Waals surface area contributed by atoms with E-state index in [-0.39, 0.29) is 0 Å². The first-order chi connectivity index (χ1) is 9.12. The lowest BCUT2D eigenvalue weighted by atomic mass is 10.4. The van der Waals surface area contributed by atoms with Crippen LogP contribution in [0.1, 0.15) is 11.5 Å². The van der Waals surface area contributed by atoms with Gasteiger partial charge in [0.25, 0.3) is 0 Å². The second-order valence-corrected chi connectivity index (χ2v) is 4.05. The number of nitrogen functional groups attached to an aromatic ring is 1. The summed E-state index contributed by atoms with van der Waals surface area (Å²) in [7, 11) is 3.46. The van der Waals surface area contributed by atoms with Crippen LogP contribution < -0.4 is 16.6 Å². The normalized spacial score (nSPS) is 10.5. The van der Waals surface area contributed by atoms with Crippen molar-refractivity contribution in [1.29, 1.82) is 0 Å². The van der Waals surface area contributed by atoms with Gasteiger partial charge in [-0.1, -0.05) is 0 Å². The minimum absolute atomic E-state index is 0.311. The first-order valence-corrected chi connectivity index (χ1v) is 5.73. The van der Waals surface area contributed by atoms with E-state index >= 15 is 0 Å². The minimum Gasteiger partial charge on any atom is -0.377 e. The largest absolute Gasteiger partial charge is 0.377 e. The third-order valence-corrected chi connectivity index (χ3v) is 2.56.